The Morgan fingerprint density at radius 2 is 2.33 bits per heavy atom. The molecule has 6 nitrogen and oxygen atoms in total. The number of nitrogens with one attached hydrogen (secondary N) is 2. The number of rotatable bonds is 8. The maximum absolute atomic E-state index is 11.7. The summed E-state index contributed by atoms with van der Waals surface area (Å²) in [5.74, 6) is 1.13. The normalized spacial score (nSPS) is 14.7. The molecular weight excluding hydrogens is 234 g/mol. The molecule has 1 heterocycles. The number of aromatic nitrogens is 1. The van der Waals surface area contributed by atoms with Crippen LogP contribution in [-0.2, 0) is 4.74 Å². The third-order valence-electron chi connectivity index (χ3n) is 2.81. The van der Waals surface area contributed by atoms with E-state index in [0.717, 1.165) is 25.1 Å². The Morgan fingerprint density at radius 1 is 1.50 bits per heavy atom. The second kappa shape index (κ2) is 6.51. The number of methoxy groups -OCH3 is 1. The van der Waals surface area contributed by atoms with Gasteiger partial charge in [0.2, 0.25) is 0 Å². The van der Waals surface area contributed by atoms with Gasteiger partial charge in [-0.05, 0) is 12.8 Å². The van der Waals surface area contributed by atoms with Crippen molar-refractivity contribution in [2.75, 3.05) is 33.4 Å². The molecule has 0 aromatic carbocycles. The topological polar surface area (TPSA) is 76.4 Å². The van der Waals surface area contributed by atoms with Gasteiger partial charge in [0.25, 0.3) is 5.91 Å². The molecule has 6 heteroatoms. The number of carbonyl (C=O) groups excluding carboxylic acids is 1. The van der Waals surface area contributed by atoms with Crippen LogP contribution in [0.25, 0.3) is 0 Å². The van der Waals surface area contributed by atoms with Crippen LogP contribution in [0.4, 0.5) is 0 Å². The lowest BCUT2D eigenvalue weighted by molar-refractivity contribution is 0.0944. The highest BCUT2D eigenvalue weighted by atomic mass is 16.5. The molecule has 0 bridgehead atoms. The highest BCUT2D eigenvalue weighted by molar-refractivity contribution is 5.92. The molecule has 1 aromatic rings. The number of hydrogen-bond acceptors (Lipinski definition) is 5. The first-order valence-corrected chi connectivity index (χ1v) is 6.25. The number of nitrogens with zero attached hydrogens (tertiary/aromatic N) is 1. The third-order valence-corrected chi connectivity index (χ3v) is 2.81. The SMILES string of the molecule is COCCNCCNC(=O)c1cc(C2CC2)on1. The third kappa shape index (κ3) is 3.82. The van der Waals surface area contributed by atoms with Gasteiger partial charge in [0.15, 0.2) is 5.69 Å². The first-order valence-electron chi connectivity index (χ1n) is 6.25. The summed E-state index contributed by atoms with van der Waals surface area (Å²) >= 11 is 0. The van der Waals surface area contributed by atoms with Gasteiger partial charge >= 0.3 is 0 Å². The Labute approximate surface area is 106 Å². The predicted octanol–water partition coefficient (Wildman–Crippen LogP) is 0.518. The van der Waals surface area contributed by atoms with Gasteiger partial charge in [-0.1, -0.05) is 5.16 Å². The van der Waals surface area contributed by atoms with Gasteiger partial charge in [-0.25, -0.2) is 0 Å². The average molecular weight is 253 g/mol. The predicted molar refractivity (Wildman–Crippen MR) is 65.6 cm³/mol. The number of hydrogen-bond donors (Lipinski definition) is 2. The molecule has 0 aliphatic heterocycles. The molecule has 1 aliphatic rings. The summed E-state index contributed by atoms with van der Waals surface area (Å²) in [6.45, 7) is 2.72. The van der Waals surface area contributed by atoms with E-state index in [2.05, 4.69) is 15.8 Å². The van der Waals surface area contributed by atoms with Crippen molar-refractivity contribution in [2.24, 2.45) is 0 Å². The Bertz CT molecular complexity index is 388. The summed E-state index contributed by atoms with van der Waals surface area (Å²) in [4.78, 5) is 11.7. The summed E-state index contributed by atoms with van der Waals surface area (Å²) in [6, 6.07) is 1.74. The Hall–Kier alpha value is -1.40. The first-order chi connectivity index (χ1) is 8.81. The molecule has 0 unspecified atom stereocenters. The summed E-state index contributed by atoms with van der Waals surface area (Å²) in [7, 11) is 1.66. The van der Waals surface area contributed by atoms with Crippen molar-refractivity contribution in [2.45, 2.75) is 18.8 Å². The Balaban J connectivity index is 1.64. The van der Waals surface area contributed by atoms with Crippen molar-refractivity contribution in [3.05, 3.63) is 17.5 Å². The first kappa shape index (κ1) is 13.0. The minimum absolute atomic E-state index is 0.181. The molecule has 2 N–H and O–H groups in total. The number of amides is 1. The zero-order valence-electron chi connectivity index (χ0n) is 10.6. The molecule has 0 radical (unpaired) electrons. The van der Waals surface area contributed by atoms with E-state index in [1.807, 2.05) is 0 Å². The summed E-state index contributed by atoms with van der Waals surface area (Å²) in [5, 5.41) is 9.71. The van der Waals surface area contributed by atoms with Crippen molar-refractivity contribution >= 4 is 5.91 Å². The Morgan fingerprint density at radius 3 is 3.06 bits per heavy atom. The van der Waals surface area contributed by atoms with E-state index in [9.17, 15) is 4.79 Å². The fourth-order valence-electron chi connectivity index (χ4n) is 1.61. The van der Waals surface area contributed by atoms with Gasteiger partial charge in [-0.3, -0.25) is 4.79 Å². The molecule has 2 rings (SSSR count). The van der Waals surface area contributed by atoms with E-state index < -0.39 is 0 Å². The van der Waals surface area contributed by atoms with Crippen LogP contribution in [0.1, 0.15) is 35.0 Å². The van der Waals surface area contributed by atoms with Gasteiger partial charge < -0.3 is 19.9 Å². The minimum atomic E-state index is -0.181. The maximum atomic E-state index is 11.7. The zero-order valence-corrected chi connectivity index (χ0v) is 10.6. The molecule has 0 spiro atoms. The van der Waals surface area contributed by atoms with E-state index in [0.29, 0.717) is 31.3 Å². The van der Waals surface area contributed by atoms with E-state index in [4.69, 9.17) is 9.26 Å². The molecule has 1 saturated carbocycles. The lowest BCUT2D eigenvalue weighted by Gasteiger charge is -2.04. The van der Waals surface area contributed by atoms with Crippen LogP contribution in [0.5, 0.6) is 0 Å². The van der Waals surface area contributed by atoms with Gasteiger partial charge in [-0.2, -0.15) is 0 Å². The zero-order chi connectivity index (χ0) is 12.8. The molecule has 1 amide bonds. The van der Waals surface area contributed by atoms with Gasteiger partial charge in [-0.15, -0.1) is 0 Å². The van der Waals surface area contributed by atoms with Crippen molar-refractivity contribution in [3.63, 3.8) is 0 Å². The maximum Gasteiger partial charge on any atom is 0.273 e. The molecular formula is C12H19N3O3. The molecule has 18 heavy (non-hydrogen) atoms. The van der Waals surface area contributed by atoms with Crippen molar-refractivity contribution < 1.29 is 14.1 Å². The van der Waals surface area contributed by atoms with Crippen LogP contribution >= 0.6 is 0 Å². The quantitative estimate of drug-likeness (QED) is 0.660. The van der Waals surface area contributed by atoms with Crippen LogP contribution in [0.3, 0.4) is 0 Å². The van der Waals surface area contributed by atoms with Crippen LogP contribution in [0.2, 0.25) is 0 Å². The van der Waals surface area contributed by atoms with E-state index in [-0.39, 0.29) is 5.91 Å². The molecule has 0 saturated heterocycles. The molecule has 1 fully saturated rings. The van der Waals surface area contributed by atoms with Gasteiger partial charge in [0.1, 0.15) is 5.76 Å². The van der Waals surface area contributed by atoms with Crippen LogP contribution in [0.15, 0.2) is 10.6 Å². The van der Waals surface area contributed by atoms with Crippen molar-refractivity contribution in [1.29, 1.82) is 0 Å². The number of ether oxygens (including phenoxy) is 1. The summed E-state index contributed by atoms with van der Waals surface area (Å²) < 4.78 is 10.0. The monoisotopic (exact) mass is 253 g/mol. The van der Waals surface area contributed by atoms with Crippen molar-refractivity contribution in [1.82, 2.24) is 15.8 Å². The molecule has 1 aromatic heterocycles. The lowest BCUT2D eigenvalue weighted by Crippen LogP contribution is -2.33. The average Bonchev–Trinajstić information content (AvgIpc) is 3.11. The van der Waals surface area contributed by atoms with Crippen molar-refractivity contribution in [3.8, 4) is 0 Å². The molecule has 0 atom stereocenters. The van der Waals surface area contributed by atoms with Gasteiger partial charge in [0, 0.05) is 38.7 Å². The molecule has 1 aliphatic carbocycles. The van der Waals surface area contributed by atoms with E-state index in [1.165, 1.54) is 0 Å². The fraction of sp³-hybridized carbons (Fsp3) is 0.667. The standard InChI is InChI=1S/C12H19N3O3/c1-17-7-6-13-4-5-14-12(16)10-8-11(18-15-10)9-2-3-9/h8-9,13H,2-7H2,1H3,(H,14,16). The van der Waals surface area contributed by atoms with Crippen LogP contribution < -0.4 is 10.6 Å². The fourth-order valence-corrected chi connectivity index (χ4v) is 1.61. The summed E-state index contributed by atoms with van der Waals surface area (Å²) in [5.41, 5.74) is 0.369. The highest BCUT2D eigenvalue weighted by Gasteiger charge is 2.28. The summed E-state index contributed by atoms with van der Waals surface area (Å²) in [6.07, 6.45) is 2.28. The lowest BCUT2D eigenvalue weighted by atomic mass is 10.3. The second-order valence-corrected chi connectivity index (χ2v) is 4.39. The van der Waals surface area contributed by atoms with Gasteiger partial charge in [0.05, 0.1) is 6.61 Å². The largest absolute Gasteiger partial charge is 0.383 e. The van der Waals surface area contributed by atoms with E-state index in [1.54, 1.807) is 13.2 Å². The van der Waals surface area contributed by atoms with Crippen LogP contribution in [0, 0.1) is 0 Å². The smallest absolute Gasteiger partial charge is 0.273 e. The highest BCUT2D eigenvalue weighted by Crippen LogP contribution is 2.40. The number of carbonyl (C=O) groups is 1. The molecule has 100 valence electrons. The Kier molecular flexibility index (Phi) is 4.72. The van der Waals surface area contributed by atoms with Crippen LogP contribution in [-0.4, -0.2) is 44.4 Å². The van der Waals surface area contributed by atoms with E-state index >= 15 is 0 Å². The second-order valence-electron chi connectivity index (χ2n) is 4.39. The minimum Gasteiger partial charge on any atom is -0.383 e.